The molecule has 0 radical (unpaired) electrons. The molecule has 0 saturated carbocycles. The molecule has 0 spiro atoms. The Kier molecular flexibility index (Phi) is 4.94. The first-order chi connectivity index (χ1) is 11.4. The van der Waals surface area contributed by atoms with Gasteiger partial charge >= 0.3 is 6.18 Å². The van der Waals surface area contributed by atoms with Crippen molar-refractivity contribution in [1.29, 1.82) is 0 Å². The quantitative estimate of drug-likeness (QED) is 0.802. The molecule has 0 saturated heterocycles. The van der Waals surface area contributed by atoms with Crippen molar-refractivity contribution in [2.75, 3.05) is 7.05 Å². The summed E-state index contributed by atoms with van der Waals surface area (Å²) in [4.78, 5) is 11.4. The van der Waals surface area contributed by atoms with Crippen molar-refractivity contribution in [3.63, 3.8) is 0 Å². The van der Waals surface area contributed by atoms with Crippen molar-refractivity contribution < 1.29 is 26.0 Å². The first kappa shape index (κ1) is 19.3. The number of nitrogens with one attached hydrogen (secondary N) is 1. The fourth-order valence-electron chi connectivity index (χ4n) is 2.02. The van der Waals surface area contributed by atoms with Crippen molar-refractivity contribution in [3.8, 4) is 11.3 Å². The molecular weight excluding hydrogens is 390 g/mol. The van der Waals surface area contributed by atoms with E-state index < -0.39 is 54.3 Å². The Morgan fingerprint density at radius 1 is 1.24 bits per heavy atom. The predicted molar refractivity (Wildman–Crippen MR) is 81.1 cm³/mol. The summed E-state index contributed by atoms with van der Waals surface area (Å²) in [5, 5.41) is 2.98. The SMILES string of the molecule is CNS(=O)(=O)c1cc(-c2nn(C)c(C(F)(F)F)cc2=O)c(F)cc1Cl. The van der Waals surface area contributed by atoms with Gasteiger partial charge < -0.3 is 0 Å². The molecule has 0 bridgehead atoms. The van der Waals surface area contributed by atoms with Gasteiger partial charge in [-0.05, 0) is 19.2 Å². The van der Waals surface area contributed by atoms with Crippen molar-refractivity contribution >= 4 is 21.6 Å². The molecule has 136 valence electrons. The van der Waals surface area contributed by atoms with Gasteiger partial charge in [0.2, 0.25) is 15.5 Å². The van der Waals surface area contributed by atoms with E-state index in [1.54, 1.807) is 0 Å². The van der Waals surface area contributed by atoms with Crippen LogP contribution in [0.15, 0.2) is 27.9 Å². The highest BCUT2D eigenvalue weighted by Gasteiger charge is 2.35. The molecule has 12 heteroatoms. The van der Waals surface area contributed by atoms with E-state index in [-0.39, 0.29) is 6.07 Å². The van der Waals surface area contributed by atoms with Crippen molar-refractivity contribution in [2.45, 2.75) is 11.1 Å². The molecule has 1 aromatic carbocycles. The number of sulfonamides is 1. The van der Waals surface area contributed by atoms with Crippen LogP contribution in [0.25, 0.3) is 11.3 Å². The standard InChI is InChI=1S/C13H10ClF4N3O3S/c1-19-25(23,24)10-3-6(8(15)4-7(10)14)12-9(22)5-11(13(16,17)18)21(2)20-12/h3-5,19H,1-2H3. The van der Waals surface area contributed by atoms with Gasteiger partial charge in [-0.1, -0.05) is 11.6 Å². The maximum atomic E-state index is 14.1. The summed E-state index contributed by atoms with van der Waals surface area (Å²) in [6, 6.07) is 1.63. The summed E-state index contributed by atoms with van der Waals surface area (Å²) in [5.41, 5.74) is -3.83. The van der Waals surface area contributed by atoms with Gasteiger partial charge in [0.15, 0.2) is 0 Å². The second-order valence-corrected chi connectivity index (χ2v) is 7.10. The van der Waals surface area contributed by atoms with Crippen LogP contribution in [-0.4, -0.2) is 25.2 Å². The molecule has 0 atom stereocenters. The van der Waals surface area contributed by atoms with Crippen LogP contribution in [0.4, 0.5) is 17.6 Å². The zero-order valence-electron chi connectivity index (χ0n) is 12.6. The van der Waals surface area contributed by atoms with Crippen molar-refractivity contribution in [1.82, 2.24) is 14.5 Å². The Hall–Kier alpha value is -1.98. The average Bonchev–Trinajstić information content (AvgIpc) is 2.48. The van der Waals surface area contributed by atoms with E-state index in [1.165, 1.54) is 0 Å². The lowest BCUT2D eigenvalue weighted by molar-refractivity contribution is -0.144. The van der Waals surface area contributed by atoms with Crippen molar-refractivity contribution in [3.05, 3.63) is 45.0 Å². The van der Waals surface area contributed by atoms with Crippen LogP contribution in [0.3, 0.4) is 0 Å². The van der Waals surface area contributed by atoms with E-state index in [0.717, 1.165) is 20.2 Å². The summed E-state index contributed by atoms with van der Waals surface area (Å²) >= 11 is 5.70. The zero-order valence-corrected chi connectivity index (χ0v) is 14.2. The van der Waals surface area contributed by atoms with Gasteiger partial charge in [-0.3, -0.25) is 9.48 Å². The van der Waals surface area contributed by atoms with Crippen molar-refractivity contribution in [2.24, 2.45) is 7.05 Å². The third-order valence-electron chi connectivity index (χ3n) is 3.23. The van der Waals surface area contributed by atoms with Crippen LogP contribution in [0, 0.1) is 5.82 Å². The predicted octanol–water partition coefficient (Wildman–Crippen LogP) is 2.17. The van der Waals surface area contributed by atoms with Gasteiger partial charge in [0.1, 0.15) is 22.1 Å². The van der Waals surface area contributed by atoms with E-state index in [9.17, 15) is 30.8 Å². The van der Waals surface area contributed by atoms with Gasteiger partial charge in [-0.25, -0.2) is 17.5 Å². The summed E-state index contributed by atoms with van der Waals surface area (Å²) in [7, 11) is -2.09. The van der Waals surface area contributed by atoms with Crippen LogP contribution in [0.2, 0.25) is 5.02 Å². The first-order valence-corrected chi connectivity index (χ1v) is 8.33. The molecule has 2 aromatic rings. The van der Waals surface area contributed by atoms with Crippen LogP contribution in [0.1, 0.15) is 5.69 Å². The second-order valence-electron chi connectivity index (χ2n) is 4.83. The van der Waals surface area contributed by atoms with Crippen LogP contribution in [-0.2, 0) is 23.2 Å². The summed E-state index contributed by atoms with van der Waals surface area (Å²) < 4.78 is 78.6. The monoisotopic (exact) mass is 399 g/mol. The molecule has 1 N–H and O–H groups in total. The zero-order chi connectivity index (χ0) is 19.2. The lowest BCUT2D eigenvalue weighted by Crippen LogP contribution is -2.23. The van der Waals surface area contributed by atoms with E-state index in [4.69, 9.17) is 11.6 Å². The molecule has 25 heavy (non-hydrogen) atoms. The molecule has 0 aliphatic carbocycles. The maximum absolute atomic E-state index is 14.1. The average molecular weight is 400 g/mol. The lowest BCUT2D eigenvalue weighted by atomic mass is 10.1. The number of alkyl halides is 3. The first-order valence-electron chi connectivity index (χ1n) is 6.47. The highest BCUT2D eigenvalue weighted by molar-refractivity contribution is 7.89. The summed E-state index contributed by atoms with van der Waals surface area (Å²) in [5.74, 6) is -1.11. The highest BCUT2D eigenvalue weighted by atomic mass is 35.5. The highest BCUT2D eigenvalue weighted by Crippen LogP contribution is 2.31. The van der Waals surface area contributed by atoms with Crippen LogP contribution in [0.5, 0.6) is 0 Å². The molecule has 6 nitrogen and oxygen atoms in total. The topological polar surface area (TPSA) is 81.1 Å². The Labute approximate surface area is 144 Å². The molecule has 1 aromatic heterocycles. The number of hydrogen-bond acceptors (Lipinski definition) is 4. The minimum Gasteiger partial charge on any atom is -0.287 e. The lowest BCUT2D eigenvalue weighted by Gasteiger charge is -2.13. The van der Waals surface area contributed by atoms with Gasteiger partial charge in [0.05, 0.1) is 5.02 Å². The maximum Gasteiger partial charge on any atom is 0.433 e. The number of halogens is 5. The van der Waals surface area contributed by atoms with E-state index in [0.29, 0.717) is 10.7 Å². The van der Waals surface area contributed by atoms with Crippen LogP contribution < -0.4 is 10.2 Å². The third-order valence-corrected chi connectivity index (χ3v) is 5.10. The number of nitrogens with zero attached hydrogens (tertiary/aromatic N) is 2. The minimum atomic E-state index is -4.83. The number of benzene rings is 1. The molecule has 2 rings (SSSR count). The fraction of sp³-hybridized carbons (Fsp3) is 0.231. The normalized spacial score (nSPS) is 12.4. The molecular formula is C13H10ClF4N3O3S. The molecule has 0 aliphatic heterocycles. The fourth-order valence-corrected chi connectivity index (χ4v) is 3.28. The van der Waals surface area contributed by atoms with Gasteiger partial charge in [0, 0.05) is 18.7 Å². The molecule has 0 aliphatic rings. The van der Waals surface area contributed by atoms with Gasteiger partial charge in [0.25, 0.3) is 0 Å². The number of rotatable bonds is 3. The largest absolute Gasteiger partial charge is 0.433 e. The Bertz CT molecular complexity index is 1000. The van der Waals surface area contributed by atoms with E-state index in [1.807, 2.05) is 4.72 Å². The smallest absolute Gasteiger partial charge is 0.287 e. The summed E-state index contributed by atoms with van der Waals surface area (Å²) in [6.45, 7) is 0. The van der Waals surface area contributed by atoms with Gasteiger partial charge in [-0.2, -0.15) is 18.3 Å². The minimum absolute atomic E-state index is 0.253. The third kappa shape index (κ3) is 3.67. The van der Waals surface area contributed by atoms with E-state index >= 15 is 0 Å². The Balaban J connectivity index is 2.78. The second kappa shape index (κ2) is 6.39. The molecule has 0 amide bonds. The number of hydrogen-bond donors (Lipinski definition) is 1. The number of aryl methyl sites for hydroxylation is 1. The molecule has 1 heterocycles. The summed E-state index contributed by atoms with van der Waals surface area (Å²) in [6.07, 6.45) is -4.83. The Morgan fingerprint density at radius 2 is 1.84 bits per heavy atom. The van der Waals surface area contributed by atoms with Gasteiger partial charge in [-0.15, -0.1) is 0 Å². The molecule has 0 unspecified atom stereocenters. The molecule has 0 fully saturated rings. The van der Waals surface area contributed by atoms with Crippen LogP contribution >= 0.6 is 11.6 Å². The number of aromatic nitrogens is 2. The van der Waals surface area contributed by atoms with E-state index in [2.05, 4.69) is 5.10 Å². The Morgan fingerprint density at radius 3 is 2.36 bits per heavy atom.